The third-order valence-corrected chi connectivity index (χ3v) is 8.04. The van der Waals surface area contributed by atoms with Crippen LogP contribution >= 0.6 is 46.4 Å². The van der Waals surface area contributed by atoms with Crippen LogP contribution in [0.25, 0.3) is 0 Å². The number of amides is 3. The van der Waals surface area contributed by atoms with Gasteiger partial charge in [0, 0.05) is 36.0 Å². The molecule has 4 atom stereocenters. The number of fused-ring (bicyclic) bond motifs is 7. The molecule has 3 saturated heterocycles. The van der Waals surface area contributed by atoms with Crippen LogP contribution in [0.2, 0.25) is 20.1 Å². The topological polar surface area (TPSA) is 69.7 Å². The van der Waals surface area contributed by atoms with Crippen molar-refractivity contribution in [1.82, 2.24) is 4.90 Å². The molecule has 3 amide bonds. The van der Waals surface area contributed by atoms with E-state index < -0.39 is 46.5 Å². The van der Waals surface area contributed by atoms with Gasteiger partial charge in [0.25, 0.3) is 5.91 Å². The minimum Gasteiger partial charge on any atom is -0.323 e. The van der Waals surface area contributed by atoms with E-state index in [1.807, 2.05) is 13.8 Å². The van der Waals surface area contributed by atoms with E-state index in [2.05, 4.69) is 5.32 Å². The van der Waals surface area contributed by atoms with Gasteiger partial charge >= 0.3 is 0 Å². The van der Waals surface area contributed by atoms with E-state index in [1.165, 1.54) is 30.3 Å². The predicted octanol–water partition coefficient (Wildman–Crippen LogP) is 5.37. The Balaban J connectivity index is 1.69. The first-order valence-corrected chi connectivity index (χ1v) is 12.1. The molecule has 4 aliphatic rings. The lowest BCUT2D eigenvalue weighted by atomic mass is 9.73. The van der Waals surface area contributed by atoms with Crippen molar-refractivity contribution in [3.63, 3.8) is 0 Å². The fourth-order valence-electron chi connectivity index (χ4n) is 5.98. The number of halogens is 4. The molecule has 0 aliphatic carbocycles. The van der Waals surface area contributed by atoms with Crippen LogP contribution in [0, 0.1) is 17.2 Å². The average molecular weight is 541 g/mol. The molecule has 0 radical (unpaired) electrons. The van der Waals surface area contributed by atoms with Crippen LogP contribution in [0.4, 0.5) is 11.4 Å². The molecule has 0 aromatic heterocycles. The van der Waals surface area contributed by atoms with E-state index >= 15 is 0 Å². The molecule has 4 aliphatic heterocycles. The maximum Gasteiger partial charge on any atom is 0.250 e. The molecule has 6 rings (SSSR count). The lowest BCUT2D eigenvalue weighted by molar-refractivity contribution is -0.135. The van der Waals surface area contributed by atoms with E-state index in [0.29, 0.717) is 6.42 Å². The van der Waals surface area contributed by atoms with Gasteiger partial charge < -0.3 is 5.32 Å². The summed E-state index contributed by atoms with van der Waals surface area (Å²) in [6.07, 6.45) is 0.318. The van der Waals surface area contributed by atoms with Crippen LogP contribution in [-0.2, 0) is 19.9 Å². The largest absolute Gasteiger partial charge is 0.323 e. The Bertz CT molecular complexity index is 1420. The highest BCUT2D eigenvalue weighted by molar-refractivity contribution is 6.38. The van der Waals surface area contributed by atoms with Gasteiger partial charge in [0.2, 0.25) is 11.8 Å². The Morgan fingerprint density at radius 2 is 1.62 bits per heavy atom. The van der Waals surface area contributed by atoms with Crippen LogP contribution in [-0.4, -0.2) is 35.2 Å². The van der Waals surface area contributed by atoms with Gasteiger partial charge in [-0.1, -0.05) is 60.3 Å². The number of nitrogens with one attached hydrogen (secondary N) is 1. The van der Waals surface area contributed by atoms with Gasteiger partial charge in [-0.2, -0.15) is 0 Å². The summed E-state index contributed by atoms with van der Waals surface area (Å²) in [5.41, 5.74) is -1.95. The van der Waals surface area contributed by atoms with E-state index in [-0.39, 0.29) is 43.6 Å². The zero-order valence-electron chi connectivity index (χ0n) is 20.0. The van der Waals surface area contributed by atoms with Gasteiger partial charge in [0.1, 0.15) is 5.54 Å². The van der Waals surface area contributed by atoms with Gasteiger partial charge in [-0.15, -0.1) is 0 Å². The second kappa shape index (κ2) is 7.11. The highest BCUT2D eigenvalue weighted by Crippen LogP contribution is 2.63. The first-order chi connectivity index (χ1) is 16.7. The predicted molar refractivity (Wildman–Crippen MR) is 132 cm³/mol. The molecule has 0 saturated carbocycles. The summed E-state index contributed by atoms with van der Waals surface area (Å²) in [4.78, 5) is 44.8. The number of carbonyl (C=O) groups is 3. The van der Waals surface area contributed by atoms with E-state index in [9.17, 15) is 17.1 Å². The molecule has 3 fully saturated rings. The summed E-state index contributed by atoms with van der Waals surface area (Å²) < 4.78 is 19.3. The third kappa shape index (κ3) is 2.78. The summed E-state index contributed by atoms with van der Waals surface area (Å²) in [7, 11) is 0. The zero-order chi connectivity index (χ0) is 26.2. The van der Waals surface area contributed by atoms with Crippen molar-refractivity contribution in [2.75, 3.05) is 16.8 Å². The maximum absolute atomic E-state index is 14.3. The molecule has 2 aromatic carbocycles. The van der Waals surface area contributed by atoms with Gasteiger partial charge in [0.05, 0.1) is 28.2 Å². The number of nitrogens with zero attached hydrogens (tertiary/aromatic N) is 2. The Kier molecular flexibility index (Phi) is 4.26. The van der Waals surface area contributed by atoms with Gasteiger partial charge in [0.15, 0.2) is 0 Å². The molecule has 10 heteroatoms. The minimum absolute atomic E-state index is 0.0388. The first-order valence-electron chi connectivity index (χ1n) is 11.6. The Hall–Kier alpha value is -1.83. The van der Waals surface area contributed by atoms with Gasteiger partial charge in [-0.05, 0) is 42.2 Å². The Labute approximate surface area is 218 Å². The molecule has 4 heterocycles. The van der Waals surface area contributed by atoms with Crippen LogP contribution in [0.3, 0.4) is 0 Å². The second-order valence-corrected chi connectivity index (χ2v) is 11.6. The molecule has 1 N–H and O–H groups in total. The maximum atomic E-state index is 14.3. The quantitative estimate of drug-likeness (QED) is 0.494. The van der Waals surface area contributed by atoms with Crippen molar-refractivity contribution >= 4 is 75.5 Å². The van der Waals surface area contributed by atoms with Crippen LogP contribution < -0.4 is 10.2 Å². The van der Waals surface area contributed by atoms with Crippen LogP contribution in [0.1, 0.15) is 28.6 Å². The van der Waals surface area contributed by atoms with Crippen molar-refractivity contribution < 1.29 is 17.1 Å². The van der Waals surface area contributed by atoms with E-state index in [1.54, 1.807) is 4.90 Å². The summed E-state index contributed by atoms with van der Waals surface area (Å²) in [6, 6.07) is 6.22. The summed E-state index contributed by atoms with van der Waals surface area (Å²) in [6.45, 7) is 4.20. The second-order valence-electron chi connectivity index (χ2n) is 9.85. The number of imide groups is 1. The SMILES string of the molecule is [2H]C12C(=O)N(c3cc(Cl)cc(Cl)c3)C(=O)C1([2H])C1(C(=O)Nc3c(Cl)cc(Cl)cc31)N1CC(C)(C)CC12. The smallest absolute Gasteiger partial charge is 0.250 e. The normalized spacial score (nSPS) is 36.5. The van der Waals surface area contributed by atoms with Crippen LogP contribution in [0.5, 0.6) is 0 Å². The van der Waals surface area contributed by atoms with Crippen molar-refractivity contribution in [2.24, 2.45) is 17.2 Å². The van der Waals surface area contributed by atoms with Gasteiger partial charge in [-0.3, -0.25) is 19.3 Å². The molecule has 0 bridgehead atoms. The average Bonchev–Trinajstić information content (AvgIpc) is 3.34. The fraction of sp³-hybridized carbons (Fsp3) is 0.375. The number of benzene rings is 2. The van der Waals surface area contributed by atoms with Crippen molar-refractivity contribution in [3.8, 4) is 0 Å². The number of hydrogen-bond acceptors (Lipinski definition) is 4. The Morgan fingerprint density at radius 3 is 2.29 bits per heavy atom. The molecular formula is C24H19Cl4N3O3. The number of carbonyl (C=O) groups excluding carboxylic acids is 3. The van der Waals surface area contributed by atoms with Crippen molar-refractivity contribution in [1.29, 1.82) is 0 Å². The standard InChI is InChI=1S/C24H19Cl4N3O3/c1-23(2)8-16-17-18(21(33)31(20(17)32)13-4-10(25)3-11(26)5-13)24(30(16)9-23)14-6-12(27)7-15(28)19(14)29-22(24)34/h3-7,16-18H,8-9H2,1-2H3,(H,29,34)/i17D,18D. The molecule has 4 unspecified atom stereocenters. The number of hydrogen-bond donors (Lipinski definition) is 1. The molecule has 1 spiro atoms. The molecule has 176 valence electrons. The fourth-order valence-corrected chi connectivity index (χ4v) is 7.03. The van der Waals surface area contributed by atoms with E-state index in [0.717, 1.165) is 4.90 Å². The molecule has 2 aromatic rings. The number of rotatable bonds is 1. The lowest BCUT2D eigenvalue weighted by Gasteiger charge is -2.37. The molecular weight excluding hydrogens is 520 g/mol. The van der Waals surface area contributed by atoms with Gasteiger partial charge in [-0.25, -0.2) is 4.90 Å². The number of anilines is 2. The Morgan fingerprint density at radius 1 is 0.971 bits per heavy atom. The third-order valence-electron chi connectivity index (χ3n) is 7.08. The molecule has 34 heavy (non-hydrogen) atoms. The van der Waals surface area contributed by atoms with E-state index in [4.69, 9.17) is 46.4 Å². The highest BCUT2D eigenvalue weighted by atomic mass is 35.5. The summed E-state index contributed by atoms with van der Waals surface area (Å²) in [5, 5.41) is 3.42. The minimum atomic E-state index is -2.56. The summed E-state index contributed by atoms with van der Waals surface area (Å²) in [5.74, 6) is -7.48. The zero-order valence-corrected chi connectivity index (χ0v) is 21.0. The molecule has 6 nitrogen and oxygen atoms in total. The monoisotopic (exact) mass is 539 g/mol. The van der Waals surface area contributed by atoms with Crippen LogP contribution in [0.15, 0.2) is 30.3 Å². The summed E-state index contributed by atoms with van der Waals surface area (Å²) >= 11 is 25.1. The lowest BCUT2D eigenvalue weighted by Crippen LogP contribution is -2.54. The van der Waals surface area contributed by atoms with Crippen molar-refractivity contribution in [2.45, 2.75) is 31.8 Å². The van der Waals surface area contributed by atoms with Crippen molar-refractivity contribution in [3.05, 3.63) is 56.0 Å². The highest BCUT2D eigenvalue weighted by Gasteiger charge is 2.76. The first kappa shape index (κ1) is 20.4.